The maximum absolute atomic E-state index is 13.0. The summed E-state index contributed by atoms with van der Waals surface area (Å²) in [5.74, 6) is -1.20. The normalized spacial score (nSPS) is 21.0. The van der Waals surface area contributed by atoms with Crippen LogP contribution < -0.4 is 10.8 Å². The third-order valence-electron chi connectivity index (χ3n) is 7.26. The molecule has 0 aliphatic carbocycles. The fourth-order valence-corrected chi connectivity index (χ4v) is 4.52. The molecule has 190 valence electrons. The van der Waals surface area contributed by atoms with Crippen molar-refractivity contribution in [2.45, 2.75) is 52.2 Å². The van der Waals surface area contributed by atoms with Crippen molar-refractivity contribution in [3.8, 4) is 11.1 Å². The summed E-state index contributed by atoms with van der Waals surface area (Å²) in [5.41, 5.74) is 2.77. The molecule has 2 aliphatic rings. The van der Waals surface area contributed by atoms with Crippen LogP contribution in [-0.4, -0.2) is 65.5 Å². The van der Waals surface area contributed by atoms with E-state index in [2.05, 4.69) is 5.32 Å². The zero-order valence-corrected chi connectivity index (χ0v) is 22.3. The van der Waals surface area contributed by atoms with E-state index in [4.69, 9.17) is 20.9 Å². The Morgan fingerprint density at radius 2 is 1.64 bits per heavy atom. The van der Waals surface area contributed by atoms with Crippen molar-refractivity contribution in [1.29, 1.82) is 0 Å². The number of halogens is 1. The molecule has 0 radical (unpaired) electrons. The molecule has 1 atom stereocenters. The second-order valence-corrected chi connectivity index (χ2v) is 10.6. The summed E-state index contributed by atoms with van der Waals surface area (Å²) in [4.78, 5) is 28.0. The van der Waals surface area contributed by atoms with Gasteiger partial charge in [-0.3, -0.25) is 14.5 Å². The number of hydrogen-bond donors (Lipinski definition) is 2. The van der Waals surface area contributed by atoms with Gasteiger partial charge in [-0.25, -0.2) is 0 Å². The average molecular weight is 512 g/mol. The van der Waals surface area contributed by atoms with Gasteiger partial charge in [0.25, 0.3) is 11.8 Å². The molecule has 0 bridgehead atoms. The molecule has 0 aromatic heterocycles. The van der Waals surface area contributed by atoms with E-state index in [0.717, 1.165) is 27.1 Å². The highest BCUT2D eigenvalue weighted by Gasteiger charge is 2.52. The molecule has 2 aromatic carbocycles. The van der Waals surface area contributed by atoms with Crippen LogP contribution in [0.1, 0.15) is 33.3 Å². The van der Waals surface area contributed by atoms with Crippen LogP contribution in [0.25, 0.3) is 11.1 Å². The van der Waals surface area contributed by atoms with Gasteiger partial charge >= 0.3 is 7.12 Å². The van der Waals surface area contributed by atoms with Gasteiger partial charge in [0.2, 0.25) is 6.35 Å². The molecule has 2 aliphatic heterocycles. The molecule has 0 saturated carbocycles. The molecular formula is C26H31BClN3O5. The van der Waals surface area contributed by atoms with E-state index in [1.165, 1.54) is 18.1 Å². The molecule has 1 unspecified atom stereocenters. The van der Waals surface area contributed by atoms with Crippen LogP contribution in [-0.2, 0) is 18.9 Å². The quantitative estimate of drug-likeness (QED) is 0.484. The Labute approximate surface area is 217 Å². The van der Waals surface area contributed by atoms with Crippen molar-refractivity contribution in [2.24, 2.45) is 0 Å². The van der Waals surface area contributed by atoms with Gasteiger partial charge in [0, 0.05) is 25.9 Å². The van der Waals surface area contributed by atoms with E-state index in [1.54, 1.807) is 19.2 Å². The minimum absolute atomic E-state index is 0.106. The van der Waals surface area contributed by atoms with Gasteiger partial charge in [0.15, 0.2) is 0 Å². The maximum atomic E-state index is 13.0. The molecule has 8 nitrogen and oxygen atoms in total. The van der Waals surface area contributed by atoms with E-state index in [9.17, 15) is 14.7 Å². The van der Waals surface area contributed by atoms with Crippen molar-refractivity contribution in [1.82, 2.24) is 9.80 Å². The fraction of sp³-hybridized carbons (Fsp3) is 0.385. The standard InChI is InChI=1S/C26H31BClN3O5/c1-15-16(10-8-12-19(15)27-35-25(2,3)26(4,5)36-27)17-11-9-13-20(21(17)28)29-22(32)18-14-30(6)24(34)31(7)23(18)33/h8-14,24,34H,1-7H3,(H,29,32). The van der Waals surface area contributed by atoms with Gasteiger partial charge in [0.1, 0.15) is 5.57 Å². The Morgan fingerprint density at radius 3 is 2.28 bits per heavy atom. The van der Waals surface area contributed by atoms with Crippen molar-refractivity contribution in [3.63, 3.8) is 0 Å². The number of aliphatic hydroxyl groups excluding tert-OH is 1. The van der Waals surface area contributed by atoms with E-state index in [1.807, 2.05) is 58.9 Å². The lowest BCUT2D eigenvalue weighted by atomic mass is 9.74. The highest BCUT2D eigenvalue weighted by Crippen LogP contribution is 2.39. The zero-order chi connectivity index (χ0) is 26.6. The number of hydrogen-bond acceptors (Lipinski definition) is 6. The number of aliphatic hydroxyl groups is 1. The van der Waals surface area contributed by atoms with Crippen molar-refractivity contribution in [3.05, 3.63) is 58.8 Å². The molecule has 2 heterocycles. The first-order valence-corrected chi connectivity index (χ1v) is 12.1. The molecule has 1 fully saturated rings. The summed E-state index contributed by atoms with van der Waals surface area (Å²) >= 11 is 6.78. The predicted octanol–water partition coefficient (Wildman–Crippen LogP) is 3.12. The molecule has 36 heavy (non-hydrogen) atoms. The molecule has 0 spiro atoms. The van der Waals surface area contributed by atoms with Gasteiger partial charge in [-0.2, -0.15) is 0 Å². The van der Waals surface area contributed by atoms with Crippen molar-refractivity contribution >= 4 is 41.7 Å². The number of benzene rings is 2. The number of amides is 2. The van der Waals surface area contributed by atoms with Crippen LogP contribution >= 0.6 is 11.6 Å². The largest absolute Gasteiger partial charge is 0.495 e. The molecule has 4 rings (SSSR count). The molecule has 1 saturated heterocycles. The van der Waals surface area contributed by atoms with E-state index in [0.29, 0.717) is 10.7 Å². The second-order valence-electron chi connectivity index (χ2n) is 10.2. The minimum Gasteiger partial charge on any atom is -0.399 e. The Bertz CT molecular complexity index is 1250. The smallest absolute Gasteiger partial charge is 0.399 e. The highest BCUT2D eigenvalue weighted by atomic mass is 35.5. The molecular weight excluding hydrogens is 481 g/mol. The first kappa shape index (κ1) is 26.2. The van der Waals surface area contributed by atoms with Gasteiger partial charge in [-0.15, -0.1) is 0 Å². The van der Waals surface area contributed by atoms with Gasteiger partial charge in [0.05, 0.1) is 21.9 Å². The van der Waals surface area contributed by atoms with Crippen LogP contribution in [0.5, 0.6) is 0 Å². The summed E-state index contributed by atoms with van der Waals surface area (Å²) in [6.07, 6.45) is 0.179. The number of nitrogens with zero attached hydrogens (tertiary/aromatic N) is 2. The third-order valence-corrected chi connectivity index (χ3v) is 7.67. The van der Waals surface area contributed by atoms with Gasteiger partial charge in [-0.05, 0) is 57.3 Å². The van der Waals surface area contributed by atoms with E-state index in [-0.39, 0.29) is 5.57 Å². The monoisotopic (exact) mass is 511 g/mol. The predicted molar refractivity (Wildman–Crippen MR) is 141 cm³/mol. The van der Waals surface area contributed by atoms with Crippen LogP contribution in [0.4, 0.5) is 5.69 Å². The van der Waals surface area contributed by atoms with Crippen LogP contribution in [0, 0.1) is 6.92 Å². The van der Waals surface area contributed by atoms with Crippen LogP contribution in [0.2, 0.25) is 5.02 Å². The summed E-state index contributed by atoms with van der Waals surface area (Å²) in [6, 6.07) is 11.2. The maximum Gasteiger partial charge on any atom is 0.495 e. The molecule has 10 heteroatoms. The Hall–Kier alpha value is -2.85. The number of carbonyl (C=O) groups excluding carboxylic acids is 2. The number of rotatable bonds is 4. The van der Waals surface area contributed by atoms with E-state index < -0.39 is 36.5 Å². The first-order valence-electron chi connectivity index (χ1n) is 11.7. The minimum atomic E-state index is -1.14. The topological polar surface area (TPSA) is 91.3 Å². The number of carbonyl (C=O) groups is 2. The molecule has 2 amide bonds. The van der Waals surface area contributed by atoms with Crippen molar-refractivity contribution in [2.75, 3.05) is 19.4 Å². The highest BCUT2D eigenvalue weighted by molar-refractivity contribution is 6.62. The first-order chi connectivity index (χ1) is 16.7. The Morgan fingerprint density at radius 1 is 1.06 bits per heavy atom. The van der Waals surface area contributed by atoms with E-state index >= 15 is 0 Å². The third kappa shape index (κ3) is 4.41. The second kappa shape index (κ2) is 9.23. The summed E-state index contributed by atoms with van der Waals surface area (Å²) in [7, 11) is 2.47. The number of likely N-dealkylation sites (N-methyl/N-ethyl adjacent to an activating group) is 1. The summed E-state index contributed by atoms with van der Waals surface area (Å²) in [5, 5.41) is 13.1. The van der Waals surface area contributed by atoms with Crippen LogP contribution in [0.15, 0.2) is 48.2 Å². The average Bonchev–Trinajstić information content (AvgIpc) is 3.03. The molecule has 2 N–H and O–H groups in total. The lowest BCUT2D eigenvalue weighted by molar-refractivity contribution is -0.148. The lowest BCUT2D eigenvalue weighted by Crippen LogP contribution is -2.51. The Balaban J connectivity index is 1.65. The number of anilines is 1. The number of nitrogens with one attached hydrogen (secondary N) is 1. The molecule has 2 aromatic rings. The van der Waals surface area contributed by atoms with Crippen molar-refractivity contribution < 1.29 is 24.0 Å². The summed E-state index contributed by atoms with van der Waals surface area (Å²) < 4.78 is 12.5. The van der Waals surface area contributed by atoms with Crippen LogP contribution in [0.3, 0.4) is 0 Å². The Kier molecular flexibility index (Phi) is 6.72. The zero-order valence-electron chi connectivity index (χ0n) is 21.5. The lowest BCUT2D eigenvalue weighted by Gasteiger charge is -2.35. The SMILES string of the molecule is Cc1c(B2OC(C)(C)C(C)(C)O2)cccc1-c1cccc(NC(=O)C2=CN(C)C(O)N(C)C2=O)c1Cl. The van der Waals surface area contributed by atoms with Gasteiger partial charge in [-0.1, -0.05) is 41.9 Å². The van der Waals surface area contributed by atoms with Gasteiger partial charge < -0.3 is 24.6 Å². The fourth-order valence-electron chi connectivity index (χ4n) is 4.25. The summed E-state index contributed by atoms with van der Waals surface area (Å²) in [6.45, 7) is 10.0.